The van der Waals surface area contributed by atoms with Crippen LogP contribution in [0.4, 0.5) is 5.00 Å². The molecule has 0 spiro atoms. The summed E-state index contributed by atoms with van der Waals surface area (Å²) in [6, 6.07) is 10.1. The predicted octanol–water partition coefficient (Wildman–Crippen LogP) is 3.82. The van der Waals surface area contributed by atoms with Gasteiger partial charge in [0.1, 0.15) is 11.2 Å². The van der Waals surface area contributed by atoms with Gasteiger partial charge in [0.05, 0.1) is 5.56 Å². The number of carbonyl (C=O) groups excluding carboxylic acids is 1. The highest BCUT2D eigenvalue weighted by Gasteiger charge is 2.30. The Morgan fingerprint density at radius 3 is 2.77 bits per heavy atom. The molecule has 1 amide bonds. The molecule has 4 rings (SSSR count). The number of hydrogen-bond acceptors (Lipinski definition) is 3. The van der Waals surface area contributed by atoms with Gasteiger partial charge in [-0.3, -0.25) is 4.79 Å². The minimum Gasteiger partial charge on any atom is -0.353 e. The van der Waals surface area contributed by atoms with Crippen LogP contribution >= 0.6 is 11.3 Å². The molecule has 2 aromatic rings. The summed E-state index contributed by atoms with van der Waals surface area (Å²) < 4.78 is 0. The highest BCUT2D eigenvalue weighted by Crippen LogP contribution is 2.39. The van der Waals surface area contributed by atoms with Crippen molar-refractivity contribution >= 4 is 28.3 Å². The van der Waals surface area contributed by atoms with E-state index in [-0.39, 0.29) is 12.1 Å². The molecule has 0 bridgehead atoms. The van der Waals surface area contributed by atoms with Crippen molar-refractivity contribution in [3.8, 4) is 0 Å². The van der Waals surface area contributed by atoms with Crippen LogP contribution in [-0.2, 0) is 12.8 Å². The topological polar surface area (TPSA) is 41.1 Å². The lowest BCUT2D eigenvalue weighted by molar-refractivity contribution is 0.0943. The van der Waals surface area contributed by atoms with Crippen molar-refractivity contribution in [3.05, 3.63) is 58.0 Å². The van der Waals surface area contributed by atoms with Crippen molar-refractivity contribution in [3.63, 3.8) is 0 Å². The third kappa shape index (κ3) is 2.44. The van der Waals surface area contributed by atoms with Gasteiger partial charge in [-0.1, -0.05) is 36.4 Å². The van der Waals surface area contributed by atoms with Crippen LogP contribution in [0.25, 0.3) is 6.08 Å². The Bertz CT molecular complexity index is 733. The third-order valence-corrected chi connectivity index (χ3v) is 5.48. The minimum absolute atomic E-state index is 0.0656. The second-order valence-electron chi connectivity index (χ2n) is 5.78. The second-order valence-corrected chi connectivity index (χ2v) is 6.89. The number of thiophene rings is 1. The number of carbonyl (C=O) groups is 1. The van der Waals surface area contributed by atoms with Crippen LogP contribution in [0, 0.1) is 0 Å². The molecule has 0 saturated carbocycles. The summed E-state index contributed by atoms with van der Waals surface area (Å²) in [5.41, 5.74) is 3.31. The van der Waals surface area contributed by atoms with E-state index in [1.807, 2.05) is 30.4 Å². The number of benzene rings is 1. The van der Waals surface area contributed by atoms with Crippen LogP contribution in [0.1, 0.15) is 39.2 Å². The van der Waals surface area contributed by atoms with E-state index < -0.39 is 0 Å². The van der Waals surface area contributed by atoms with Gasteiger partial charge in [0.2, 0.25) is 0 Å². The van der Waals surface area contributed by atoms with Crippen molar-refractivity contribution in [1.29, 1.82) is 0 Å². The van der Waals surface area contributed by atoms with Crippen molar-refractivity contribution in [2.45, 2.75) is 31.8 Å². The molecule has 1 aromatic heterocycles. The Balaban J connectivity index is 1.58. The monoisotopic (exact) mass is 310 g/mol. The van der Waals surface area contributed by atoms with Crippen LogP contribution in [-0.4, -0.2) is 12.1 Å². The fourth-order valence-corrected chi connectivity index (χ4v) is 4.49. The maximum Gasteiger partial charge on any atom is 0.256 e. The van der Waals surface area contributed by atoms with Crippen molar-refractivity contribution in [2.75, 3.05) is 5.32 Å². The van der Waals surface area contributed by atoms with Crippen LogP contribution in [0.5, 0.6) is 0 Å². The summed E-state index contributed by atoms with van der Waals surface area (Å²) in [5, 5.41) is 7.54. The predicted molar refractivity (Wildman–Crippen MR) is 91.3 cm³/mol. The van der Waals surface area contributed by atoms with Gasteiger partial charge in [-0.15, -0.1) is 11.3 Å². The fraction of sp³-hybridized carbons (Fsp3) is 0.278. The lowest BCUT2D eigenvalue weighted by atomic mass is 9.94. The zero-order valence-electron chi connectivity index (χ0n) is 12.3. The summed E-state index contributed by atoms with van der Waals surface area (Å²) in [6.07, 6.45) is 8.50. The fourth-order valence-electron chi connectivity index (χ4n) is 3.17. The number of hydrogen-bond donors (Lipinski definition) is 2. The quantitative estimate of drug-likeness (QED) is 0.885. The van der Waals surface area contributed by atoms with E-state index in [4.69, 9.17) is 0 Å². The lowest BCUT2D eigenvalue weighted by Crippen LogP contribution is -2.43. The Hall–Kier alpha value is -2.07. The van der Waals surface area contributed by atoms with Crippen LogP contribution in [0.15, 0.2) is 36.4 Å². The third-order valence-electron chi connectivity index (χ3n) is 4.25. The molecule has 0 radical (unpaired) electrons. The molecule has 2 N–H and O–H groups in total. The van der Waals surface area contributed by atoms with E-state index in [1.54, 1.807) is 11.3 Å². The van der Waals surface area contributed by atoms with E-state index in [2.05, 4.69) is 22.8 Å². The van der Waals surface area contributed by atoms with Crippen LogP contribution in [0.3, 0.4) is 0 Å². The normalized spacial score (nSPS) is 20.2. The molecule has 112 valence electrons. The Morgan fingerprint density at radius 1 is 1.09 bits per heavy atom. The van der Waals surface area contributed by atoms with Gasteiger partial charge >= 0.3 is 0 Å². The van der Waals surface area contributed by atoms with Crippen LogP contribution < -0.4 is 10.6 Å². The Labute approximate surface area is 134 Å². The molecule has 4 heteroatoms. The first-order valence-electron chi connectivity index (χ1n) is 7.76. The molecule has 1 aliphatic heterocycles. The first-order chi connectivity index (χ1) is 10.8. The summed E-state index contributed by atoms with van der Waals surface area (Å²) in [7, 11) is 0. The summed E-state index contributed by atoms with van der Waals surface area (Å²) in [5.74, 6) is 0.0656. The molecule has 0 unspecified atom stereocenters. The zero-order valence-corrected chi connectivity index (χ0v) is 13.1. The van der Waals surface area contributed by atoms with Gasteiger partial charge in [0.25, 0.3) is 5.91 Å². The van der Waals surface area contributed by atoms with E-state index in [0.717, 1.165) is 29.0 Å². The summed E-state index contributed by atoms with van der Waals surface area (Å²) >= 11 is 1.76. The maximum atomic E-state index is 12.5. The molecule has 0 saturated heterocycles. The van der Waals surface area contributed by atoms with Gasteiger partial charge in [-0.05, 0) is 42.9 Å². The van der Waals surface area contributed by atoms with E-state index in [1.165, 1.54) is 23.3 Å². The van der Waals surface area contributed by atoms with Gasteiger partial charge in [0.15, 0.2) is 0 Å². The minimum atomic E-state index is -0.139. The standard InChI is InChI=1S/C18H18N2OS/c21-17-16-13-8-4-5-9-14(13)22-18(16)20-15(19-17)11-10-12-6-2-1-3-7-12/h1-3,6-7,10-11,15,20H,4-5,8-9H2,(H,19,21)/b11-10+/t15-/m1/s1. The van der Waals surface area contributed by atoms with E-state index in [0.29, 0.717) is 0 Å². The number of rotatable bonds is 2. The van der Waals surface area contributed by atoms with E-state index in [9.17, 15) is 4.79 Å². The molecular formula is C18H18N2OS. The van der Waals surface area contributed by atoms with Crippen molar-refractivity contribution in [1.82, 2.24) is 5.32 Å². The van der Waals surface area contributed by atoms with Gasteiger partial charge in [-0.25, -0.2) is 0 Å². The number of nitrogens with one attached hydrogen (secondary N) is 2. The van der Waals surface area contributed by atoms with Crippen molar-refractivity contribution in [2.24, 2.45) is 0 Å². The summed E-state index contributed by atoms with van der Waals surface area (Å²) in [6.45, 7) is 0. The zero-order chi connectivity index (χ0) is 14.9. The highest BCUT2D eigenvalue weighted by molar-refractivity contribution is 7.16. The number of amides is 1. The van der Waals surface area contributed by atoms with E-state index >= 15 is 0 Å². The van der Waals surface area contributed by atoms with Gasteiger partial charge < -0.3 is 10.6 Å². The molecule has 0 fully saturated rings. The number of fused-ring (bicyclic) bond motifs is 3. The molecular weight excluding hydrogens is 292 g/mol. The number of aryl methyl sites for hydroxylation is 1. The molecule has 1 atom stereocenters. The molecule has 3 nitrogen and oxygen atoms in total. The number of anilines is 1. The van der Waals surface area contributed by atoms with Gasteiger partial charge in [0, 0.05) is 4.88 Å². The largest absolute Gasteiger partial charge is 0.353 e. The van der Waals surface area contributed by atoms with Crippen LogP contribution in [0.2, 0.25) is 0 Å². The highest BCUT2D eigenvalue weighted by atomic mass is 32.1. The molecule has 1 aromatic carbocycles. The molecule has 2 heterocycles. The Kier molecular flexibility index (Phi) is 3.47. The first-order valence-corrected chi connectivity index (χ1v) is 8.58. The lowest BCUT2D eigenvalue weighted by Gasteiger charge is -2.24. The first kappa shape index (κ1) is 13.6. The molecule has 1 aliphatic carbocycles. The molecule has 22 heavy (non-hydrogen) atoms. The molecule has 2 aliphatic rings. The average Bonchev–Trinajstić information content (AvgIpc) is 2.92. The average molecular weight is 310 g/mol. The Morgan fingerprint density at radius 2 is 1.91 bits per heavy atom. The maximum absolute atomic E-state index is 12.5. The van der Waals surface area contributed by atoms with Gasteiger partial charge in [-0.2, -0.15) is 0 Å². The van der Waals surface area contributed by atoms with Crippen molar-refractivity contribution < 1.29 is 4.79 Å². The smallest absolute Gasteiger partial charge is 0.256 e. The SMILES string of the molecule is O=C1N[C@@H](/C=C/c2ccccc2)Nc2sc3c(c21)CCCC3. The summed E-state index contributed by atoms with van der Waals surface area (Å²) in [4.78, 5) is 13.9. The second kappa shape index (κ2) is 5.61.